The topological polar surface area (TPSA) is 106 Å². The number of imidazole rings is 1. The van der Waals surface area contributed by atoms with Gasteiger partial charge < -0.3 is 19.4 Å². The fraction of sp³-hybridized carbons (Fsp3) is 0.241. The van der Waals surface area contributed by atoms with Crippen LogP contribution in [-0.2, 0) is 16.6 Å². The van der Waals surface area contributed by atoms with E-state index in [4.69, 9.17) is 21.3 Å². The van der Waals surface area contributed by atoms with E-state index in [-0.39, 0.29) is 0 Å². The first-order valence-electron chi connectivity index (χ1n) is 12.2. The average molecular weight is 530 g/mol. The number of H-pyrrole nitrogens is 1. The highest BCUT2D eigenvalue weighted by Gasteiger charge is 2.33. The summed E-state index contributed by atoms with van der Waals surface area (Å²) in [6.07, 6.45) is 4.02. The number of rotatable bonds is 6. The molecule has 2 N–H and O–H groups in total. The summed E-state index contributed by atoms with van der Waals surface area (Å²) in [5.41, 5.74) is 5.20. The third kappa shape index (κ3) is 4.80. The minimum Gasteiger partial charge on any atom is -0.479 e. The molecule has 5 aromatic rings. The lowest BCUT2D eigenvalue weighted by Gasteiger charge is -2.27. The van der Waals surface area contributed by atoms with Crippen LogP contribution >= 0.6 is 11.6 Å². The molecule has 194 valence electrons. The molecule has 0 amide bonds. The van der Waals surface area contributed by atoms with Gasteiger partial charge >= 0.3 is 5.97 Å². The number of ether oxygens (including phenoxy) is 1. The molecule has 1 atom stereocenters. The van der Waals surface area contributed by atoms with E-state index < -0.39 is 17.7 Å². The van der Waals surface area contributed by atoms with Crippen LogP contribution in [0.25, 0.3) is 44.9 Å². The highest BCUT2D eigenvalue weighted by atomic mass is 35.5. The zero-order chi connectivity index (χ0) is 27.2. The van der Waals surface area contributed by atoms with E-state index in [1.165, 1.54) is 0 Å². The van der Waals surface area contributed by atoms with Gasteiger partial charge in [0.1, 0.15) is 11.5 Å². The van der Waals surface area contributed by atoms with Crippen molar-refractivity contribution in [2.75, 3.05) is 0 Å². The maximum atomic E-state index is 12.5. The Balaban J connectivity index is 1.77. The molecule has 0 unspecified atom stereocenters. The largest absolute Gasteiger partial charge is 0.479 e. The lowest BCUT2D eigenvalue weighted by Crippen LogP contribution is -2.28. The van der Waals surface area contributed by atoms with E-state index in [0.717, 1.165) is 33.5 Å². The molecule has 5 rings (SSSR count). The molecule has 0 fully saturated rings. The second-order valence-corrected chi connectivity index (χ2v) is 10.6. The summed E-state index contributed by atoms with van der Waals surface area (Å²) < 4.78 is 8.06. The quantitative estimate of drug-likeness (QED) is 0.257. The Hall–Kier alpha value is -4.01. The van der Waals surface area contributed by atoms with Crippen LogP contribution in [0.2, 0.25) is 5.02 Å². The maximum Gasteiger partial charge on any atom is 0.337 e. The first-order valence-corrected chi connectivity index (χ1v) is 12.5. The highest BCUT2D eigenvalue weighted by molar-refractivity contribution is 6.30. The number of fused-ring (bicyclic) bond motifs is 1. The second kappa shape index (κ2) is 9.70. The number of carboxylic acids is 1. The van der Waals surface area contributed by atoms with E-state index in [0.29, 0.717) is 27.8 Å². The number of aromatic amines is 1. The molecule has 0 aliphatic carbocycles. The third-order valence-electron chi connectivity index (χ3n) is 6.28. The van der Waals surface area contributed by atoms with Crippen molar-refractivity contribution in [2.24, 2.45) is 7.05 Å². The van der Waals surface area contributed by atoms with Crippen LogP contribution in [0.5, 0.6) is 0 Å². The summed E-state index contributed by atoms with van der Waals surface area (Å²) in [5, 5.41) is 11.6. The molecule has 0 aliphatic rings. The molecule has 4 aromatic heterocycles. The van der Waals surface area contributed by atoms with Gasteiger partial charge in [0.2, 0.25) is 0 Å². The number of pyridine rings is 2. The fourth-order valence-corrected chi connectivity index (χ4v) is 4.78. The number of halogens is 1. The van der Waals surface area contributed by atoms with Crippen LogP contribution in [0.3, 0.4) is 0 Å². The van der Waals surface area contributed by atoms with Gasteiger partial charge in [-0.3, -0.25) is 4.98 Å². The van der Waals surface area contributed by atoms with Gasteiger partial charge in [-0.15, -0.1) is 0 Å². The molecule has 0 aliphatic heterocycles. The molecule has 0 saturated heterocycles. The summed E-state index contributed by atoms with van der Waals surface area (Å²) in [6, 6.07) is 13.2. The summed E-state index contributed by atoms with van der Waals surface area (Å²) in [6.45, 7) is 7.33. The van der Waals surface area contributed by atoms with Gasteiger partial charge in [0.05, 0.1) is 23.2 Å². The number of carboxylic acid groups (broad SMARTS) is 1. The molecular weight excluding hydrogens is 502 g/mol. The van der Waals surface area contributed by atoms with Crippen LogP contribution in [0, 0.1) is 6.92 Å². The first kappa shape index (κ1) is 25.6. The van der Waals surface area contributed by atoms with Gasteiger partial charge in [-0.2, -0.15) is 0 Å². The van der Waals surface area contributed by atoms with E-state index in [1.54, 1.807) is 30.7 Å². The predicted molar refractivity (Wildman–Crippen MR) is 148 cm³/mol. The number of hydrogen-bond donors (Lipinski definition) is 2. The molecule has 0 spiro atoms. The Morgan fingerprint density at radius 1 is 1.13 bits per heavy atom. The smallest absolute Gasteiger partial charge is 0.337 e. The Morgan fingerprint density at radius 3 is 2.50 bits per heavy atom. The molecule has 38 heavy (non-hydrogen) atoms. The normalized spacial score (nSPS) is 12.7. The summed E-state index contributed by atoms with van der Waals surface area (Å²) in [7, 11) is 1.93. The number of hydrogen-bond acceptors (Lipinski definition) is 5. The van der Waals surface area contributed by atoms with Crippen LogP contribution < -0.4 is 0 Å². The second-order valence-electron chi connectivity index (χ2n) is 10.2. The van der Waals surface area contributed by atoms with E-state index in [9.17, 15) is 9.90 Å². The molecule has 8 nitrogen and oxygen atoms in total. The van der Waals surface area contributed by atoms with Gasteiger partial charge in [0.25, 0.3) is 0 Å². The van der Waals surface area contributed by atoms with Gasteiger partial charge in [-0.1, -0.05) is 23.7 Å². The molecule has 0 saturated carbocycles. The number of carbonyl (C=O) groups is 1. The zero-order valence-corrected chi connectivity index (χ0v) is 22.5. The standard InChI is InChI=1S/C29H28ClN5O3/c1-16-23(25(28(36)37)38-29(2,3)4)24(17-8-10-19(30)11-9-17)20-13-22(35(5)27(20)33-16)21-15-32-26(34-21)18-7-6-12-31-14-18/h6-15,25H,1-5H3,(H,32,34)(H,36,37)/t25-/m0/s1. The Morgan fingerprint density at radius 2 is 1.87 bits per heavy atom. The summed E-state index contributed by atoms with van der Waals surface area (Å²) in [5.74, 6) is -0.379. The van der Waals surface area contributed by atoms with Gasteiger partial charge in [-0.25, -0.2) is 14.8 Å². The SMILES string of the molecule is Cc1nc2c(cc(-c3cnc(-c4cccnc4)[nH]3)n2C)c(-c2ccc(Cl)cc2)c1[C@H](OC(C)(C)C)C(=O)O. The Kier molecular flexibility index (Phi) is 6.54. The minimum atomic E-state index is -1.22. The van der Waals surface area contributed by atoms with Crippen molar-refractivity contribution in [3.05, 3.63) is 77.3 Å². The number of benzene rings is 1. The fourth-order valence-electron chi connectivity index (χ4n) is 4.65. The van der Waals surface area contributed by atoms with E-state index in [1.807, 2.05) is 69.6 Å². The number of aromatic nitrogens is 5. The van der Waals surface area contributed by atoms with Crippen molar-refractivity contribution in [3.63, 3.8) is 0 Å². The average Bonchev–Trinajstić information content (AvgIpc) is 3.48. The number of nitrogens with zero attached hydrogens (tertiary/aromatic N) is 4. The first-order chi connectivity index (χ1) is 18.0. The lowest BCUT2D eigenvalue weighted by atomic mass is 9.92. The number of aryl methyl sites for hydroxylation is 2. The Bertz CT molecular complexity index is 1630. The number of aliphatic carboxylic acids is 1. The molecule has 0 radical (unpaired) electrons. The van der Waals surface area contributed by atoms with Gasteiger partial charge in [0, 0.05) is 52.2 Å². The van der Waals surface area contributed by atoms with Crippen LogP contribution in [-0.4, -0.2) is 41.2 Å². The predicted octanol–water partition coefficient (Wildman–Crippen LogP) is 6.60. The maximum absolute atomic E-state index is 12.5. The van der Waals surface area contributed by atoms with Crippen LogP contribution in [0.4, 0.5) is 0 Å². The Labute approximate surface area is 225 Å². The summed E-state index contributed by atoms with van der Waals surface area (Å²) in [4.78, 5) is 29.5. The third-order valence-corrected chi connectivity index (χ3v) is 6.53. The molecule has 1 aromatic carbocycles. The minimum absolute atomic E-state index is 0.514. The highest BCUT2D eigenvalue weighted by Crippen LogP contribution is 2.41. The van der Waals surface area contributed by atoms with Crippen molar-refractivity contribution in [1.29, 1.82) is 0 Å². The molecule has 0 bridgehead atoms. The molecule has 4 heterocycles. The van der Waals surface area contributed by atoms with Crippen LogP contribution in [0.1, 0.15) is 38.1 Å². The summed E-state index contributed by atoms with van der Waals surface area (Å²) >= 11 is 6.20. The van der Waals surface area contributed by atoms with Gasteiger partial charge in [0.15, 0.2) is 6.10 Å². The lowest BCUT2D eigenvalue weighted by molar-refractivity contribution is -0.160. The molecule has 9 heteroatoms. The van der Waals surface area contributed by atoms with E-state index in [2.05, 4.69) is 15.0 Å². The van der Waals surface area contributed by atoms with Crippen molar-refractivity contribution >= 4 is 28.6 Å². The number of nitrogens with one attached hydrogen (secondary N) is 1. The molecular formula is C29H28ClN5O3. The van der Waals surface area contributed by atoms with E-state index >= 15 is 0 Å². The van der Waals surface area contributed by atoms with Crippen molar-refractivity contribution in [3.8, 4) is 33.9 Å². The van der Waals surface area contributed by atoms with Crippen molar-refractivity contribution < 1.29 is 14.6 Å². The zero-order valence-electron chi connectivity index (χ0n) is 21.8. The van der Waals surface area contributed by atoms with Crippen molar-refractivity contribution in [2.45, 2.75) is 39.4 Å². The monoisotopic (exact) mass is 529 g/mol. The van der Waals surface area contributed by atoms with Crippen LogP contribution in [0.15, 0.2) is 61.1 Å². The van der Waals surface area contributed by atoms with Crippen molar-refractivity contribution in [1.82, 2.24) is 24.5 Å². The van der Waals surface area contributed by atoms with Gasteiger partial charge in [-0.05, 0) is 63.6 Å².